The Morgan fingerprint density at radius 1 is 1.57 bits per heavy atom. The van der Waals surface area contributed by atoms with E-state index in [0.29, 0.717) is 18.5 Å². The zero-order valence-electron chi connectivity index (χ0n) is 10.9. The molecule has 0 saturated heterocycles. The number of aromatic amines is 1. The highest BCUT2D eigenvalue weighted by molar-refractivity contribution is 6.05. The molecule has 0 amide bonds. The van der Waals surface area contributed by atoms with Crippen molar-refractivity contribution in [2.24, 2.45) is 4.99 Å². The third-order valence-electron chi connectivity index (χ3n) is 2.62. The van der Waals surface area contributed by atoms with Crippen LogP contribution in [0, 0.1) is 11.7 Å². The fourth-order valence-corrected chi connectivity index (χ4v) is 1.58. The Morgan fingerprint density at radius 2 is 2.29 bits per heavy atom. The van der Waals surface area contributed by atoms with Crippen molar-refractivity contribution < 1.29 is 37.9 Å². The van der Waals surface area contributed by atoms with Crippen LogP contribution in [0.1, 0.15) is 19.6 Å². The number of nitrogens with one attached hydrogen (secondary N) is 1. The molecule has 112 valence electrons. The molecule has 0 saturated carbocycles. The van der Waals surface area contributed by atoms with Crippen LogP contribution in [0.15, 0.2) is 33.1 Å². The molecule has 21 heavy (non-hydrogen) atoms. The highest BCUT2D eigenvalue weighted by Crippen LogP contribution is 2.15. The number of nitrogens with zero attached hydrogens (tertiary/aromatic N) is 2. The maximum absolute atomic E-state index is 13.1. The van der Waals surface area contributed by atoms with Gasteiger partial charge in [-0.1, -0.05) is 0 Å². The molecule has 1 aliphatic heterocycles. The van der Waals surface area contributed by atoms with Crippen LogP contribution in [0.4, 0.5) is 4.39 Å². The van der Waals surface area contributed by atoms with Gasteiger partial charge in [-0.3, -0.25) is 14.3 Å². The summed E-state index contributed by atoms with van der Waals surface area (Å²) < 4.78 is 18.9. The minimum atomic E-state index is -1.14. The molecular weight excluding hydrogens is 396 g/mol. The number of halogens is 2. The van der Waals surface area contributed by atoms with E-state index in [1.807, 2.05) is 0 Å². The number of esters is 1. The van der Waals surface area contributed by atoms with E-state index in [4.69, 9.17) is 4.74 Å². The minimum Gasteiger partial charge on any atom is -1.00 e. The van der Waals surface area contributed by atoms with Gasteiger partial charge in [0.25, 0.3) is 11.5 Å². The molecule has 0 bridgehead atoms. The van der Waals surface area contributed by atoms with Gasteiger partial charge in [0.2, 0.25) is 12.0 Å². The molecule has 1 N–H and O–H groups in total. The van der Waals surface area contributed by atoms with Crippen molar-refractivity contribution in [2.75, 3.05) is 0 Å². The lowest BCUT2D eigenvalue weighted by Crippen LogP contribution is -3.00. The van der Waals surface area contributed by atoms with Crippen LogP contribution < -0.4 is 35.2 Å². The van der Waals surface area contributed by atoms with Gasteiger partial charge in [-0.2, -0.15) is 9.18 Å². The van der Waals surface area contributed by atoms with E-state index in [1.165, 1.54) is 13.1 Å². The molecular formula is C12H11FIN3O4. The molecule has 0 aromatic carbocycles. The van der Waals surface area contributed by atoms with Crippen molar-refractivity contribution in [3.8, 4) is 0 Å². The first kappa shape index (κ1) is 17.1. The molecule has 1 aliphatic rings. The summed E-state index contributed by atoms with van der Waals surface area (Å²) in [5.41, 5.74) is -1.98. The Kier molecular flexibility index (Phi) is 5.88. The lowest BCUT2D eigenvalue weighted by molar-refractivity contribution is -0.149. The first-order valence-corrected chi connectivity index (χ1v) is 5.75. The smallest absolute Gasteiger partial charge is 0.508 e. The molecule has 1 aromatic heterocycles. The molecule has 1 unspecified atom stereocenters. The topological polar surface area (TPSA) is 93.5 Å². The number of carbonyl (C=O) groups excluding carboxylic acids is 1. The van der Waals surface area contributed by atoms with Crippen LogP contribution >= 0.6 is 0 Å². The van der Waals surface area contributed by atoms with Crippen LogP contribution in [0.3, 0.4) is 0 Å². The van der Waals surface area contributed by atoms with Crippen molar-refractivity contribution in [1.82, 2.24) is 9.55 Å². The third kappa shape index (κ3) is 4.03. The Morgan fingerprint density at radius 3 is 2.90 bits per heavy atom. The number of ether oxygens (including phenoxy) is 1. The summed E-state index contributed by atoms with van der Waals surface area (Å²) in [5.74, 6) is -1.48. The number of hydrogen-bond donors (Lipinski definition) is 1. The second-order valence-corrected chi connectivity index (χ2v) is 4.04. The molecule has 0 radical (unpaired) electrons. The first-order chi connectivity index (χ1) is 9.49. The maximum Gasteiger partial charge on any atom is 0.508 e. The first-order valence-electron chi connectivity index (χ1n) is 5.75. The maximum atomic E-state index is 13.1. The quantitative estimate of drug-likeness (QED) is 0.336. The number of H-pyrrole nitrogens is 1. The highest BCUT2D eigenvalue weighted by atomic mass is 127. The Balaban J connectivity index is 0.00000220. The molecule has 0 fully saturated rings. The second-order valence-electron chi connectivity index (χ2n) is 4.04. The van der Waals surface area contributed by atoms with Crippen molar-refractivity contribution in [2.45, 2.75) is 19.6 Å². The molecule has 1 atom stereocenters. The lowest BCUT2D eigenvalue weighted by Gasteiger charge is -2.13. The number of aromatic nitrogens is 2. The summed E-state index contributed by atoms with van der Waals surface area (Å²) in [4.78, 5) is 39.7. The van der Waals surface area contributed by atoms with Crippen LogP contribution in [0.2, 0.25) is 0 Å². The monoisotopic (exact) mass is 407 g/mol. The molecule has 2 heterocycles. The van der Waals surface area contributed by atoms with Crippen LogP contribution in [0.5, 0.6) is 0 Å². The summed E-state index contributed by atoms with van der Waals surface area (Å²) >= 11 is 0. The van der Waals surface area contributed by atoms with Gasteiger partial charge in [0.05, 0.1) is 6.20 Å². The van der Waals surface area contributed by atoms with Crippen molar-refractivity contribution >= 4 is 12.2 Å². The predicted molar refractivity (Wildman–Crippen MR) is 67.6 cm³/mol. The van der Waals surface area contributed by atoms with Gasteiger partial charge >= 0.3 is 11.7 Å². The van der Waals surface area contributed by atoms with Gasteiger partial charge in [-0.05, 0) is 13.0 Å². The Bertz CT molecular complexity index is 694. The number of hydrogen-bond acceptors (Lipinski definition) is 5. The van der Waals surface area contributed by atoms with Gasteiger partial charge < -0.3 is 28.7 Å². The largest absolute Gasteiger partial charge is 1.00 e. The summed E-state index contributed by atoms with van der Waals surface area (Å²) in [5, 5.41) is 0. The predicted octanol–water partition coefficient (Wildman–Crippen LogP) is -2.70. The fourth-order valence-electron chi connectivity index (χ4n) is 1.58. The zero-order valence-corrected chi connectivity index (χ0v) is 13.0. The molecule has 2 rings (SSSR count). The SMILES string of the molecule is CC(OC(=O)[C+]1C=NC=CC1)n1cc(F)c(=O)[nH]c1=O.[I-]. The van der Waals surface area contributed by atoms with Gasteiger partial charge in [-0.15, -0.1) is 0 Å². The molecule has 9 heteroatoms. The van der Waals surface area contributed by atoms with E-state index in [-0.39, 0.29) is 24.0 Å². The van der Waals surface area contributed by atoms with E-state index >= 15 is 0 Å². The number of rotatable bonds is 3. The second kappa shape index (κ2) is 7.20. The highest BCUT2D eigenvalue weighted by Gasteiger charge is 2.34. The number of carbonyl (C=O) groups is 1. The molecule has 7 nitrogen and oxygen atoms in total. The number of aliphatic imine (C=N–C) groups is 1. The molecule has 0 aliphatic carbocycles. The zero-order chi connectivity index (χ0) is 14.7. The van der Waals surface area contributed by atoms with Crippen LogP contribution in [0.25, 0.3) is 0 Å². The standard InChI is InChI=1S/C12H10FN3O4.HI/c1-7(16-6-9(13)10(17)15-12(16)19)20-11(18)8-3-2-4-14-5-8;/h2,4-7H,3H2,1H3;1H. The average Bonchev–Trinajstić information content (AvgIpc) is 2.43. The van der Waals surface area contributed by atoms with E-state index in [2.05, 4.69) is 4.99 Å². The van der Waals surface area contributed by atoms with Crippen molar-refractivity contribution in [3.05, 3.63) is 51.0 Å². The van der Waals surface area contributed by atoms with E-state index < -0.39 is 29.3 Å². The van der Waals surface area contributed by atoms with E-state index in [9.17, 15) is 18.8 Å². The summed E-state index contributed by atoms with van der Waals surface area (Å²) in [6, 6.07) is 0. The Hall–Kier alpha value is -1.91. The summed E-state index contributed by atoms with van der Waals surface area (Å²) in [6.07, 6.45) is 4.57. The van der Waals surface area contributed by atoms with Gasteiger partial charge in [-0.25, -0.2) is 9.79 Å². The molecule has 1 aromatic rings. The van der Waals surface area contributed by atoms with E-state index in [1.54, 1.807) is 17.3 Å². The lowest BCUT2D eigenvalue weighted by atomic mass is 10.1. The van der Waals surface area contributed by atoms with E-state index in [0.717, 1.165) is 4.57 Å². The van der Waals surface area contributed by atoms with Gasteiger partial charge in [0, 0.05) is 6.20 Å². The van der Waals surface area contributed by atoms with Crippen LogP contribution in [-0.2, 0) is 9.53 Å². The minimum absolute atomic E-state index is 0. The van der Waals surface area contributed by atoms with Gasteiger partial charge in [0.1, 0.15) is 6.42 Å². The molecule has 0 spiro atoms. The third-order valence-corrected chi connectivity index (χ3v) is 2.62. The Labute approximate surface area is 135 Å². The van der Waals surface area contributed by atoms with Gasteiger partial charge in [0.15, 0.2) is 6.23 Å². The normalized spacial score (nSPS) is 14.5. The summed E-state index contributed by atoms with van der Waals surface area (Å²) in [7, 11) is 0. The van der Waals surface area contributed by atoms with Crippen molar-refractivity contribution in [3.63, 3.8) is 0 Å². The fraction of sp³-hybridized carbons (Fsp3) is 0.250. The summed E-state index contributed by atoms with van der Waals surface area (Å²) in [6.45, 7) is 1.38. The van der Waals surface area contributed by atoms with Crippen molar-refractivity contribution in [1.29, 1.82) is 0 Å². The number of allylic oxidation sites excluding steroid dienone is 1. The van der Waals surface area contributed by atoms with Crippen LogP contribution in [-0.4, -0.2) is 21.7 Å². The average molecular weight is 407 g/mol.